The Bertz CT molecular complexity index is 1220. The third-order valence-corrected chi connectivity index (χ3v) is 7.74. The summed E-state index contributed by atoms with van der Waals surface area (Å²) >= 11 is 0. The molecule has 14 nitrogen and oxygen atoms in total. The molecule has 2 aromatic rings. The maximum Gasteiger partial charge on any atom is 0.433 e. The summed E-state index contributed by atoms with van der Waals surface area (Å²) in [6.45, 7) is 0.116. The standard InChI is InChI=1S/C19H24FN4O10P/c20-13-9-23(19(27)21-18(13)26)17-8-14(25)15(34-17)11-32-35(30,22-6-2-1-3-7-22)31-10-12-4-5-16(33-12)24(28)29/h4-5,9,14-15,17,25H,1-3,6-8,10-11H2,(H,21,26,27). The summed E-state index contributed by atoms with van der Waals surface area (Å²) in [6, 6.07) is 2.48. The normalized spacial score (nSPS) is 24.9. The molecule has 0 aromatic carbocycles. The van der Waals surface area contributed by atoms with Crippen molar-refractivity contribution in [3.63, 3.8) is 0 Å². The molecule has 2 aliphatic rings. The molecular formula is C19H24FN4O10P. The van der Waals surface area contributed by atoms with Crippen molar-refractivity contribution < 1.29 is 37.2 Å². The van der Waals surface area contributed by atoms with Crippen molar-refractivity contribution >= 4 is 13.6 Å². The molecule has 0 spiro atoms. The summed E-state index contributed by atoms with van der Waals surface area (Å²) in [4.78, 5) is 35.2. The molecule has 0 aliphatic carbocycles. The molecule has 2 saturated heterocycles. The number of ether oxygens (including phenoxy) is 1. The smallest absolute Gasteiger partial charge is 0.403 e. The van der Waals surface area contributed by atoms with Crippen LogP contribution >= 0.6 is 7.75 Å². The maximum absolute atomic E-state index is 13.7. The van der Waals surface area contributed by atoms with Crippen LogP contribution in [0.25, 0.3) is 0 Å². The van der Waals surface area contributed by atoms with Gasteiger partial charge < -0.3 is 14.3 Å². The third kappa shape index (κ3) is 5.77. The van der Waals surface area contributed by atoms with Gasteiger partial charge in [0.15, 0.2) is 0 Å². The first kappa shape index (κ1) is 25.4. The Balaban J connectivity index is 1.44. The van der Waals surface area contributed by atoms with Crippen LogP contribution in [-0.4, -0.2) is 56.2 Å². The number of aromatic nitrogens is 2. The SMILES string of the molecule is O=c1[nH]c(=O)n(C2CC(O)C(COP(=O)(OCc3ccc([N+](=O)[O-])o3)N3CCCCC3)O2)cc1F. The van der Waals surface area contributed by atoms with Gasteiger partial charge in [-0.05, 0) is 18.9 Å². The molecule has 4 unspecified atom stereocenters. The van der Waals surface area contributed by atoms with E-state index in [1.807, 2.05) is 4.98 Å². The van der Waals surface area contributed by atoms with Crippen LogP contribution in [0.5, 0.6) is 0 Å². The van der Waals surface area contributed by atoms with Crippen molar-refractivity contribution in [2.75, 3.05) is 19.7 Å². The fourth-order valence-electron chi connectivity index (χ4n) is 3.89. The summed E-state index contributed by atoms with van der Waals surface area (Å²) in [5.74, 6) is -1.60. The number of aliphatic hydroxyl groups excluding tert-OH is 1. The van der Waals surface area contributed by atoms with Crippen LogP contribution in [0.1, 0.15) is 37.7 Å². The molecule has 0 radical (unpaired) electrons. The number of piperidine rings is 1. The molecule has 2 aliphatic heterocycles. The Morgan fingerprint density at radius 1 is 1.26 bits per heavy atom. The Morgan fingerprint density at radius 3 is 2.69 bits per heavy atom. The largest absolute Gasteiger partial charge is 0.433 e. The summed E-state index contributed by atoms with van der Waals surface area (Å²) in [5.41, 5.74) is -2.09. The van der Waals surface area contributed by atoms with Gasteiger partial charge in [0.1, 0.15) is 29.6 Å². The number of hydrogen-bond acceptors (Lipinski definition) is 10. The van der Waals surface area contributed by atoms with Crippen molar-refractivity contribution in [2.24, 2.45) is 0 Å². The van der Waals surface area contributed by atoms with E-state index in [0.29, 0.717) is 19.3 Å². The molecule has 35 heavy (non-hydrogen) atoms. The van der Waals surface area contributed by atoms with Crippen molar-refractivity contribution in [1.82, 2.24) is 14.2 Å². The van der Waals surface area contributed by atoms with E-state index in [0.717, 1.165) is 29.9 Å². The lowest BCUT2D eigenvalue weighted by Gasteiger charge is -2.33. The number of nitrogens with one attached hydrogen (secondary N) is 1. The van der Waals surface area contributed by atoms with Gasteiger partial charge in [-0.25, -0.2) is 14.0 Å². The van der Waals surface area contributed by atoms with Crippen molar-refractivity contribution in [2.45, 2.75) is 50.7 Å². The van der Waals surface area contributed by atoms with Gasteiger partial charge in [0.05, 0.1) is 25.0 Å². The van der Waals surface area contributed by atoms with Gasteiger partial charge in [0.2, 0.25) is 5.82 Å². The third-order valence-electron chi connectivity index (χ3n) is 5.72. The minimum Gasteiger partial charge on any atom is -0.403 e. The zero-order valence-electron chi connectivity index (χ0n) is 18.4. The first-order valence-electron chi connectivity index (χ1n) is 10.9. The first-order chi connectivity index (χ1) is 16.7. The van der Waals surface area contributed by atoms with E-state index in [1.54, 1.807) is 0 Å². The lowest BCUT2D eigenvalue weighted by molar-refractivity contribution is -0.402. The summed E-state index contributed by atoms with van der Waals surface area (Å²) < 4.78 is 51.5. The van der Waals surface area contributed by atoms with Gasteiger partial charge in [0, 0.05) is 19.5 Å². The summed E-state index contributed by atoms with van der Waals surface area (Å²) in [7, 11) is -3.93. The number of H-pyrrole nitrogens is 1. The molecule has 192 valence electrons. The number of halogens is 1. The Hall–Kier alpha value is -2.68. The highest BCUT2D eigenvalue weighted by Gasteiger charge is 2.41. The van der Waals surface area contributed by atoms with Crippen LogP contribution in [0.4, 0.5) is 10.3 Å². The quantitative estimate of drug-likeness (QED) is 0.280. The van der Waals surface area contributed by atoms with Gasteiger partial charge in [-0.1, -0.05) is 6.42 Å². The zero-order chi connectivity index (χ0) is 25.2. The second-order valence-corrected chi connectivity index (χ2v) is 10.1. The number of nitrogens with zero attached hydrogens (tertiary/aromatic N) is 3. The number of rotatable bonds is 9. The molecule has 4 atom stereocenters. The van der Waals surface area contributed by atoms with Gasteiger partial charge in [-0.2, -0.15) is 4.39 Å². The summed E-state index contributed by atoms with van der Waals surface area (Å²) in [6.07, 6.45) is -0.231. The number of nitro groups is 1. The minimum absolute atomic E-state index is 0.0780. The molecule has 0 amide bonds. The monoisotopic (exact) mass is 518 g/mol. The van der Waals surface area contributed by atoms with E-state index < -0.39 is 54.1 Å². The van der Waals surface area contributed by atoms with E-state index in [1.165, 1.54) is 10.7 Å². The zero-order valence-corrected chi connectivity index (χ0v) is 19.3. The molecule has 2 fully saturated rings. The molecule has 2 aromatic heterocycles. The second kappa shape index (κ2) is 10.5. The lowest BCUT2D eigenvalue weighted by Crippen LogP contribution is -2.34. The van der Waals surface area contributed by atoms with Crippen LogP contribution in [0.2, 0.25) is 0 Å². The fraction of sp³-hybridized carbons (Fsp3) is 0.579. The van der Waals surface area contributed by atoms with Gasteiger partial charge in [0.25, 0.3) is 5.56 Å². The number of hydrogen-bond donors (Lipinski definition) is 2. The van der Waals surface area contributed by atoms with Crippen LogP contribution < -0.4 is 11.2 Å². The Kier molecular flexibility index (Phi) is 7.64. The fourth-order valence-corrected chi connectivity index (χ4v) is 5.69. The molecule has 16 heteroatoms. The highest BCUT2D eigenvalue weighted by Crippen LogP contribution is 2.54. The predicted octanol–water partition coefficient (Wildman–Crippen LogP) is 1.65. The topological polar surface area (TPSA) is 179 Å². The predicted molar refractivity (Wildman–Crippen MR) is 115 cm³/mol. The van der Waals surface area contributed by atoms with Crippen molar-refractivity contribution in [3.05, 3.63) is 60.9 Å². The Labute approximate surface area is 196 Å². The van der Waals surface area contributed by atoms with E-state index in [9.17, 15) is 33.8 Å². The first-order valence-corrected chi connectivity index (χ1v) is 12.4. The Morgan fingerprint density at radius 2 is 2.00 bits per heavy atom. The maximum atomic E-state index is 13.7. The molecule has 4 rings (SSSR count). The van der Waals surface area contributed by atoms with Gasteiger partial charge >= 0.3 is 19.3 Å². The van der Waals surface area contributed by atoms with Crippen LogP contribution in [0.15, 0.2) is 32.3 Å². The van der Waals surface area contributed by atoms with Crippen LogP contribution in [-0.2, 0) is 25.0 Å². The molecule has 0 bridgehead atoms. The van der Waals surface area contributed by atoms with Crippen LogP contribution in [0.3, 0.4) is 0 Å². The highest BCUT2D eigenvalue weighted by molar-refractivity contribution is 7.51. The molecule has 4 heterocycles. The number of aromatic amines is 1. The minimum atomic E-state index is -3.93. The van der Waals surface area contributed by atoms with Crippen molar-refractivity contribution in [3.8, 4) is 0 Å². The van der Waals surface area contributed by atoms with E-state index in [4.69, 9.17) is 18.2 Å². The van der Waals surface area contributed by atoms with Crippen LogP contribution in [0, 0.1) is 15.9 Å². The molecule has 2 N–H and O–H groups in total. The highest BCUT2D eigenvalue weighted by atomic mass is 31.2. The number of aliphatic hydroxyl groups is 1. The van der Waals surface area contributed by atoms with E-state index >= 15 is 0 Å². The molecular weight excluding hydrogens is 494 g/mol. The average molecular weight is 518 g/mol. The van der Waals surface area contributed by atoms with Gasteiger partial charge in [-0.15, -0.1) is 0 Å². The van der Waals surface area contributed by atoms with Crippen molar-refractivity contribution in [1.29, 1.82) is 0 Å². The second-order valence-electron chi connectivity index (χ2n) is 8.12. The summed E-state index contributed by atoms with van der Waals surface area (Å²) in [5, 5.41) is 21.2. The molecule has 0 saturated carbocycles. The van der Waals surface area contributed by atoms with E-state index in [2.05, 4.69) is 0 Å². The van der Waals surface area contributed by atoms with Gasteiger partial charge in [-0.3, -0.25) is 33.5 Å². The number of furan rings is 1. The lowest BCUT2D eigenvalue weighted by atomic mass is 10.2. The average Bonchev–Trinajstić information content (AvgIpc) is 3.46. The van der Waals surface area contributed by atoms with E-state index in [-0.39, 0.29) is 25.4 Å².